The summed E-state index contributed by atoms with van der Waals surface area (Å²) in [7, 11) is 0. The van der Waals surface area contributed by atoms with Crippen molar-refractivity contribution in [2.75, 3.05) is 11.9 Å². The molecular weight excluding hydrogens is 300 g/mol. The van der Waals surface area contributed by atoms with Gasteiger partial charge in [0.2, 0.25) is 0 Å². The molecule has 0 radical (unpaired) electrons. The zero-order valence-corrected chi connectivity index (χ0v) is 12.8. The number of halogens is 1. The normalized spacial score (nSPS) is 13.7. The monoisotopic (exact) mass is 316 g/mol. The zero-order valence-electron chi connectivity index (χ0n) is 12.1. The van der Waals surface area contributed by atoms with Gasteiger partial charge in [0.15, 0.2) is 5.69 Å². The van der Waals surface area contributed by atoms with E-state index in [4.69, 9.17) is 11.6 Å². The standard InChI is InChI=1S/C16H17ClN4O/c17-12-3-1-11(2-4-12)9-10-18-16(22)14-7-8-15(21-20-14)19-13-5-6-13/h1-4,7-8,13H,5-6,9-10H2,(H,18,22)(H,19,21). The van der Waals surface area contributed by atoms with E-state index >= 15 is 0 Å². The lowest BCUT2D eigenvalue weighted by Gasteiger charge is -2.06. The van der Waals surface area contributed by atoms with Crippen LogP contribution in [0.15, 0.2) is 36.4 Å². The van der Waals surface area contributed by atoms with Crippen molar-refractivity contribution in [3.8, 4) is 0 Å². The minimum atomic E-state index is -0.209. The largest absolute Gasteiger partial charge is 0.366 e. The topological polar surface area (TPSA) is 66.9 Å². The lowest BCUT2D eigenvalue weighted by Crippen LogP contribution is -2.26. The molecule has 3 rings (SSSR count). The van der Waals surface area contributed by atoms with E-state index in [-0.39, 0.29) is 5.91 Å². The maximum Gasteiger partial charge on any atom is 0.271 e. The molecule has 0 atom stereocenters. The van der Waals surface area contributed by atoms with E-state index in [1.165, 1.54) is 12.8 Å². The highest BCUT2D eigenvalue weighted by atomic mass is 35.5. The van der Waals surface area contributed by atoms with Gasteiger partial charge < -0.3 is 10.6 Å². The number of anilines is 1. The van der Waals surface area contributed by atoms with Crippen LogP contribution < -0.4 is 10.6 Å². The van der Waals surface area contributed by atoms with E-state index in [1.54, 1.807) is 12.1 Å². The molecule has 22 heavy (non-hydrogen) atoms. The maximum absolute atomic E-state index is 12.0. The van der Waals surface area contributed by atoms with Crippen LogP contribution in [-0.4, -0.2) is 28.7 Å². The van der Waals surface area contributed by atoms with Crippen LogP contribution in [0.4, 0.5) is 5.82 Å². The van der Waals surface area contributed by atoms with Gasteiger partial charge in [-0.1, -0.05) is 23.7 Å². The first-order valence-corrected chi connectivity index (χ1v) is 7.71. The number of nitrogens with one attached hydrogen (secondary N) is 2. The Morgan fingerprint density at radius 3 is 2.55 bits per heavy atom. The SMILES string of the molecule is O=C(NCCc1ccc(Cl)cc1)c1ccc(NC2CC2)nn1. The number of carbonyl (C=O) groups excluding carboxylic acids is 1. The molecule has 114 valence electrons. The zero-order chi connectivity index (χ0) is 15.4. The lowest BCUT2D eigenvalue weighted by molar-refractivity contribution is 0.0948. The highest BCUT2D eigenvalue weighted by Gasteiger charge is 2.21. The van der Waals surface area contributed by atoms with Gasteiger partial charge in [-0.3, -0.25) is 4.79 Å². The maximum atomic E-state index is 12.0. The van der Waals surface area contributed by atoms with Crippen LogP contribution in [0.5, 0.6) is 0 Å². The summed E-state index contributed by atoms with van der Waals surface area (Å²) in [5.41, 5.74) is 1.46. The van der Waals surface area contributed by atoms with Gasteiger partial charge in [0.25, 0.3) is 5.91 Å². The van der Waals surface area contributed by atoms with Crippen LogP contribution >= 0.6 is 11.6 Å². The van der Waals surface area contributed by atoms with Crippen molar-refractivity contribution in [3.05, 3.63) is 52.7 Å². The van der Waals surface area contributed by atoms with Gasteiger partial charge >= 0.3 is 0 Å². The Morgan fingerprint density at radius 1 is 1.14 bits per heavy atom. The molecule has 0 bridgehead atoms. The summed E-state index contributed by atoms with van der Waals surface area (Å²) in [4.78, 5) is 12.0. The molecule has 0 saturated heterocycles. The first-order chi connectivity index (χ1) is 10.7. The average Bonchev–Trinajstić information content (AvgIpc) is 3.34. The second-order valence-corrected chi connectivity index (χ2v) is 5.79. The smallest absolute Gasteiger partial charge is 0.271 e. The summed E-state index contributed by atoms with van der Waals surface area (Å²) in [5, 5.41) is 14.8. The molecule has 1 aliphatic rings. The minimum absolute atomic E-state index is 0.209. The highest BCUT2D eigenvalue weighted by molar-refractivity contribution is 6.30. The fourth-order valence-corrected chi connectivity index (χ4v) is 2.16. The summed E-state index contributed by atoms with van der Waals surface area (Å²) in [6.45, 7) is 0.546. The predicted molar refractivity (Wildman–Crippen MR) is 86.2 cm³/mol. The molecule has 1 fully saturated rings. The van der Waals surface area contributed by atoms with Crippen LogP contribution in [0.3, 0.4) is 0 Å². The number of hydrogen-bond donors (Lipinski definition) is 2. The first-order valence-electron chi connectivity index (χ1n) is 7.33. The molecule has 6 heteroatoms. The van der Waals surface area contributed by atoms with Crippen LogP contribution in [0.2, 0.25) is 5.02 Å². The number of nitrogens with zero attached hydrogens (tertiary/aromatic N) is 2. The fraction of sp³-hybridized carbons (Fsp3) is 0.312. The van der Waals surface area contributed by atoms with Gasteiger partial charge in [0.05, 0.1) is 0 Å². The Kier molecular flexibility index (Phi) is 4.53. The van der Waals surface area contributed by atoms with E-state index in [2.05, 4.69) is 20.8 Å². The minimum Gasteiger partial charge on any atom is -0.366 e. The third-order valence-corrected chi connectivity index (χ3v) is 3.69. The van der Waals surface area contributed by atoms with Crippen molar-refractivity contribution < 1.29 is 4.79 Å². The molecule has 1 aromatic carbocycles. The molecule has 1 heterocycles. The van der Waals surface area contributed by atoms with E-state index in [0.717, 1.165) is 17.8 Å². The molecule has 1 saturated carbocycles. The van der Waals surface area contributed by atoms with E-state index < -0.39 is 0 Å². The summed E-state index contributed by atoms with van der Waals surface area (Å²) in [6.07, 6.45) is 3.10. The van der Waals surface area contributed by atoms with E-state index in [0.29, 0.717) is 23.3 Å². The molecule has 1 aliphatic carbocycles. The Balaban J connectivity index is 1.47. The molecule has 0 unspecified atom stereocenters. The van der Waals surface area contributed by atoms with Gasteiger partial charge in [-0.15, -0.1) is 10.2 Å². The van der Waals surface area contributed by atoms with E-state index in [1.807, 2.05) is 24.3 Å². The van der Waals surface area contributed by atoms with Crippen molar-refractivity contribution >= 4 is 23.3 Å². The third kappa shape index (κ3) is 4.18. The number of rotatable bonds is 6. The Bertz CT molecular complexity index is 638. The fourth-order valence-electron chi connectivity index (χ4n) is 2.03. The van der Waals surface area contributed by atoms with Crippen LogP contribution in [-0.2, 0) is 6.42 Å². The van der Waals surface area contributed by atoms with Gasteiger partial charge in [0, 0.05) is 17.6 Å². The Hall–Kier alpha value is -2.14. The lowest BCUT2D eigenvalue weighted by atomic mass is 10.1. The first kappa shape index (κ1) is 14.8. The predicted octanol–water partition coefficient (Wildman–Crippen LogP) is 2.68. The number of aromatic nitrogens is 2. The number of benzene rings is 1. The van der Waals surface area contributed by atoms with Gasteiger partial charge in [0.1, 0.15) is 5.82 Å². The van der Waals surface area contributed by atoms with Crippen molar-refractivity contribution in [2.45, 2.75) is 25.3 Å². The second kappa shape index (κ2) is 6.75. The molecular formula is C16H17ClN4O. The molecule has 2 aromatic rings. The van der Waals surface area contributed by atoms with E-state index in [9.17, 15) is 4.79 Å². The van der Waals surface area contributed by atoms with Crippen LogP contribution in [0.25, 0.3) is 0 Å². The average molecular weight is 317 g/mol. The highest BCUT2D eigenvalue weighted by Crippen LogP contribution is 2.23. The summed E-state index contributed by atoms with van der Waals surface area (Å²) in [6, 6.07) is 11.6. The number of carbonyl (C=O) groups is 1. The van der Waals surface area contributed by atoms with Crippen molar-refractivity contribution in [1.29, 1.82) is 0 Å². The van der Waals surface area contributed by atoms with Crippen LogP contribution in [0.1, 0.15) is 28.9 Å². The Labute approximate surface area is 134 Å². The summed E-state index contributed by atoms with van der Waals surface area (Å²) < 4.78 is 0. The van der Waals surface area contributed by atoms with Crippen molar-refractivity contribution in [1.82, 2.24) is 15.5 Å². The molecule has 0 spiro atoms. The number of hydrogen-bond acceptors (Lipinski definition) is 4. The van der Waals surface area contributed by atoms with Gasteiger partial charge in [-0.2, -0.15) is 0 Å². The molecule has 1 amide bonds. The van der Waals surface area contributed by atoms with Gasteiger partial charge in [-0.25, -0.2) is 0 Å². The van der Waals surface area contributed by atoms with Gasteiger partial charge in [-0.05, 0) is 49.1 Å². The molecule has 2 N–H and O–H groups in total. The van der Waals surface area contributed by atoms with Crippen molar-refractivity contribution in [3.63, 3.8) is 0 Å². The third-order valence-electron chi connectivity index (χ3n) is 3.44. The quantitative estimate of drug-likeness (QED) is 0.860. The Morgan fingerprint density at radius 2 is 1.91 bits per heavy atom. The van der Waals surface area contributed by atoms with Crippen LogP contribution in [0, 0.1) is 0 Å². The molecule has 5 nitrogen and oxygen atoms in total. The molecule has 1 aromatic heterocycles. The second-order valence-electron chi connectivity index (χ2n) is 5.35. The summed E-state index contributed by atoms with van der Waals surface area (Å²) in [5.74, 6) is 0.514. The molecule has 0 aliphatic heterocycles. The van der Waals surface area contributed by atoms with Crippen molar-refractivity contribution in [2.24, 2.45) is 0 Å². The number of amides is 1. The summed E-state index contributed by atoms with van der Waals surface area (Å²) >= 11 is 5.83.